The first-order chi connectivity index (χ1) is 9.85. The highest BCUT2D eigenvalue weighted by molar-refractivity contribution is 9.10. The van der Waals surface area contributed by atoms with E-state index in [0.717, 1.165) is 36.5 Å². The van der Waals surface area contributed by atoms with Crippen LogP contribution in [-0.2, 0) is 4.74 Å². The second kappa shape index (κ2) is 6.64. The lowest BCUT2D eigenvalue weighted by Gasteiger charge is -2.26. The first-order valence-electron chi connectivity index (χ1n) is 7.20. The van der Waals surface area contributed by atoms with Crippen molar-refractivity contribution in [3.05, 3.63) is 22.8 Å². The Morgan fingerprint density at radius 1 is 1.24 bits per heavy atom. The molecule has 21 heavy (non-hydrogen) atoms. The predicted octanol–water partition coefficient (Wildman–Crippen LogP) is 3.29. The van der Waals surface area contributed by atoms with Crippen molar-refractivity contribution >= 4 is 27.8 Å². The minimum absolute atomic E-state index is 0.230. The normalized spacial score (nSPS) is 16.6. The van der Waals surface area contributed by atoms with E-state index in [1.54, 1.807) is 4.90 Å². The van der Waals surface area contributed by atoms with Crippen LogP contribution in [0.2, 0.25) is 0 Å². The Bertz CT molecular complexity index is 502. The molecule has 1 aromatic heterocycles. The third kappa shape index (κ3) is 4.88. The fourth-order valence-corrected chi connectivity index (χ4v) is 2.56. The highest BCUT2D eigenvalue weighted by atomic mass is 79.9. The van der Waals surface area contributed by atoms with Crippen molar-refractivity contribution in [2.24, 2.45) is 0 Å². The minimum atomic E-state index is -0.449. The van der Waals surface area contributed by atoms with Crippen LogP contribution in [0.3, 0.4) is 0 Å². The zero-order valence-electron chi connectivity index (χ0n) is 12.8. The van der Waals surface area contributed by atoms with Gasteiger partial charge in [0.15, 0.2) is 0 Å². The summed E-state index contributed by atoms with van der Waals surface area (Å²) in [5.74, 6) is 0.940. The fraction of sp³-hybridized carbons (Fsp3) is 0.600. The van der Waals surface area contributed by atoms with Gasteiger partial charge in [0, 0.05) is 26.2 Å². The fourth-order valence-electron chi connectivity index (χ4n) is 2.23. The molecule has 0 radical (unpaired) electrons. The van der Waals surface area contributed by atoms with E-state index >= 15 is 0 Å². The molecule has 0 spiro atoms. The van der Waals surface area contributed by atoms with Gasteiger partial charge in [0.2, 0.25) is 0 Å². The average molecular weight is 356 g/mol. The van der Waals surface area contributed by atoms with Crippen LogP contribution in [0.4, 0.5) is 10.6 Å². The van der Waals surface area contributed by atoms with Gasteiger partial charge in [-0.25, -0.2) is 9.78 Å². The monoisotopic (exact) mass is 355 g/mol. The molecule has 0 saturated carbocycles. The Balaban J connectivity index is 1.97. The first kappa shape index (κ1) is 16.1. The van der Waals surface area contributed by atoms with Crippen molar-refractivity contribution in [3.63, 3.8) is 0 Å². The quantitative estimate of drug-likeness (QED) is 0.725. The number of nitrogens with zero attached hydrogens (tertiary/aromatic N) is 3. The molecule has 116 valence electrons. The summed E-state index contributed by atoms with van der Waals surface area (Å²) in [5.41, 5.74) is -0.449. The zero-order valence-corrected chi connectivity index (χ0v) is 14.4. The van der Waals surface area contributed by atoms with Gasteiger partial charge in [0.1, 0.15) is 16.0 Å². The molecule has 5 nitrogen and oxygen atoms in total. The number of hydrogen-bond acceptors (Lipinski definition) is 4. The molecule has 2 rings (SSSR count). The largest absolute Gasteiger partial charge is 0.444 e. The van der Waals surface area contributed by atoms with Crippen molar-refractivity contribution in [2.75, 3.05) is 31.1 Å². The lowest BCUT2D eigenvalue weighted by Crippen LogP contribution is -2.39. The summed E-state index contributed by atoms with van der Waals surface area (Å²) < 4.78 is 6.27. The average Bonchev–Trinajstić information content (AvgIpc) is 2.62. The number of amides is 1. The molecule has 1 saturated heterocycles. The smallest absolute Gasteiger partial charge is 0.410 e. The summed E-state index contributed by atoms with van der Waals surface area (Å²) in [6.45, 7) is 8.70. The van der Waals surface area contributed by atoms with Crippen molar-refractivity contribution in [1.82, 2.24) is 9.88 Å². The van der Waals surface area contributed by atoms with E-state index in [2.05, 4.69) is 25.8 Å². The molecule has 1 aliphatic rings. The van der Waals surface area contributed by atoms with E-state index in [9.17, 15) is 4.79 Å². The molecule has 0 atom stereocenters. The molecule has 1 fully saturated rings. The molecule has 0 unspecified atom stereocenters. The SMILES string of the molecule is CC(C)(C)OC(=O)N1CCCN(c2cccc(Br)n2)CC1. The van der Waals surface area contributed by atoms with Crippen molar-refractivity contribution < 1.29 is 9.53 Å². The molecule has 1 aromatic rings. The number of rotatable bonds is 1. The van der Waals surface area contributed by atoms with Crippen LogP contribution in [0.25, 0.3) is 0 Å². The second-order valence-electron chi connectivity index (χ2n) is 6.13. The highest BCUT2D eigenvalue weighted by Crippen LogP contribution is 2.18. The molecule has 0 aliphatic carbocycles. The summed E-state index contributed by atoms with van der Waals surface area (Å²) in [7, 11) is 0. The third-order valence-corrected chi connectivity index (χ3v) is 3.61. The maximum atomic E-state index is 12.1. The van der Waals surface area contributed by atoms with Crippen LogP contribution in [-0.4, -0.2) is 47.8 Å². The maximum absolute atomic E-state index is 12.1. The van der Waals surface area contributed by atoms with Crippen LogP contribution < -0.4 is 4.90 Å². The molecular weight excluding hydrogens is 334 g/mol. The summed E-state index contributed by atoms with van der Waals surface area (Å²) in [6, 6.07) is 5.88. The van der Waals surface area contributed by atoms with E-state index in [1.165, 1.54) is 0 Å². The molecule has 0 N–H and O–H groups in total. The van der Waals surface area contributed by atoms with Gasteiger partial charge in [-0.3, -0.25) is 0 Å². The number of anilines is 1. The van der Waals surface area contributed by atoms with Crippen LogP contribution in [0.1, 0.15) is 27.2 Å². The van der Waals surface area contributed by atoms with E-state index in [0.29, 0.717) is 6.54 Å². The number of aromatic nitrogens is 1. The van der Waals surface area contributed by atoms with Gasteiger partial charge in [0.25, 0.3) is 0 Å². The van der Waals surface area contributed by atoms with Gasteiger partial charge in [-0.05, 0) is 55.3 Å². The molecule has 0 aromatic carbocycles. The summed E-state index contributed by atoms with van der Waals surface area (Å²) >= 11 is 3.39. The molecule has 2 heterocycles. The number of ether oxygens (including phenoxy) is 1. The number of carbonyl (C=O) groups excluding carboxylic acids is 1. The Labute approximate surface area is 134 Å². The topological polar surface area (TPSA) is 45.7 Å². The predicted molar refractivity (Wildman–Crippen MR) is 86.6 cm³/mol. The second-order valence-corrected chi connectivity index (χ2v) is 6.94. The molecule has 0 bridgehead atoms. The van der Waals surface area contributed by atoms with E-state index in [1.807, 2.05) is 39.0 Å². The van der Waals surface area contributed by atoms with E-state index in [-0.39, 0.29) is 6.09 Å². The lowest BCUT2D eigenvalue weighted by atomic mass is 10.2. The highest BCUT2D eigenvalue weighted by Gasteiger charge is 2.24. The minimum Gasteiger partial charge on any atom is -0.444 e. The Kier molecular flexibility index (Phi) is 5.08. The Morgan fingerprint density at radius 2 is 2.00 bits per heavy atom. The van der Waals surface area contributed by atoms with Crippen LogP contribution >= 0.6 is 15.9 Å². The van der Waals surface area contributed by atoms with Gasteiger partial charge in [-0.2, -0.15) is 0 Å². The lowest BCUT2D eigenvalue weighted by molar-refractivity contribution is 0.0263. The van der Waals surface area contributed by atoms with E-state index < -0.39 is 5.60 Å². The van der Waals surface area contributed by atoms with Gasteiger partial charge < -0.3 is 14.5 Å². The van der Waals surface area contributed by atoms with Gasteiger partial charge >= 0.3 is 6.09 Å². The first-order valence-corrected chi connectivity index (χ1v) is 8.00. The standard InChI is InChI=1S/C15H22BrN3O2/c1-15(2,3)21-14(20)19-9-5-8-18(10-11-19)13-7-4-6-12(16)17-13/h4,6-7H,5,8-11H2,1-3H3. The third-order valence-electron chi connectivity index (χ3n) is 3.17. The van der Waals surface area contributed by atoms with Gasteiger partial charge in [0.05, 0.1) is 0 Å². The maximum Gasteiger partial charge on any atom is 0.410 e. The number of carbonyl (C=O) groups is 1. The summed E-state index contributed by atoms with van der Waals surface area (Å²) in [6.07, 6.45) is 0.680. The van der Waals surface area contributed by atoms with Crippen LogP contribution in [0, 0.1) is 0 Å². The number of halogens is 1. The molecule has 6 heteroatoms. The van der Waals surface area contributed by atoms with Crippen molar-refractivity contribution in [2.45, 2.75) is 32.8 Å². The van der Waals surface area contributed by atoms with Gasteiger partial charge in [-0.1, -0.05) is 6.07 Å². The number of hydrogen-bond donors (Lipinski definition) is 0. The van der Waals surface area contributed by atoms with Crippen LogP contribution in [0.5, 0.6) is 0 Å². The molecular formula is C15H22BrN3O2. The molecule has 1 amide bonds. The van der Waals surface area contributed by atoms with Crippen molar-refractivity contribution in [3.8, 4) is 0 Å². The van der Waals surface area contributed by atoms with Crippen molar-refractivity contribution in [1.29, 1.82) is 0 Å². The number of pyridine rings is 1. The molecule has 1 aliphatic heterocycles. The van der Waals surface area contributed by atoms with E-state index in [4.69, 9.17) is 4.74 Å². The van der Waals surface area contributed by atoms with Gasteiger partial charge in [-0.15, -0.1) is 0 Å². The van der Waals surface area contributed by atoms with Crippen LogP contribution in [0.15, 0.2) is 22.8 Å². The summed E-state index contributed by atoms with van der Waals surface area (Å²) in [4.78, 5) is 20.6. The Morgan fingerprint density at radius 3 is 2.67 bits per heavy atom. The Hall–Kier alpha value is -1.30. The zero-order chi connectivity index (χ0) is 15.5. The summed E-state index contributed by atoms with van der Waals surface area (Å²) in [5, 5.41) is 0.